The second-order valence-corrected chi connectivity index (χ2v) is 6.18. The second-order valence-electron chi connectivity index (χ2n) is 3.83. The summed E-state index contributed by atoms with van der Waals surface area (Å²) >= 11 is 10.1. The summed E-state index contributed by atoms with van der Waals surface area (Å²) in [5.74, 6) is 0.794. The van der Waals surface area contributed by atoms with E-state index in [0.29, 0.717) is 4.99 Å². The highest BCUT2D eigenvalue weighted by Crippen LogP contribution is 2.20. The minimum Gasteiger partial charge on any atom is -0.389 e. The maximum absolute atomic E-state index is 5.63. The summed E-state index contributed by atoms with van der Waals surface area (Å²) in [4.78, 5) is 6.03. The first-order chi connectivity index (χ1) is 8.54. The number of pyridine rings is 1. The fourth-order valence-electron chi connectivity index (χ4n) is 1.53. The van der Waals surface area contributed by atoms with Gasteiger partial charge in [0, 0.05) is 26.0 Å². The van der Waals surface area contributed by atoms with Crippen molar-refractivity contribution in [3.05, 3.63) is 44.2 Å². The van der Waals surface area contributed by atoms with Crippen LogP contribution in [0.25, 0.3) is 0 Å². The number of anilines is 1. The molecule has 0 saturated carbocycles. The maximum atomic E-state index is 5.63. The topological polar surface area (TPSA) is 50.9 Å². The minimum absolute atomic E-state index is 0.391. The van der Waals surface area contributed by atoms with Gasteiger partial charge in [-0.1, -0.05) is 12.2 Å². The number of nitrogens with two attached hydrogens (primary N) is 1. The van der Waals surface area contributed by atoms with Crippen molar-refractivity contribution in [3.8, 4) is 0 Å². The lowest BCUT2D eigenvalue weighted by atomic mass is 10.2. The molecule has 0 unspecified atom stereocenters. The van der Waals surface area contributed by atoms with Gasteiger partial charge < -0.3 is 11.1 Å². The molecule has 0 fully saturated rings. The Morgan fingerprint density at radius 1 is 1.50 bits per heavy atom. The van der Waals surface area contributed by atoms with Crippen LogP contribution in [0, 0.1) is 6.92 Å². The van der Waals surface area contributed by atoms with Gasteiger partial charge in [0.2, 0.25) is 0 Å². The fraction of sp³-hybridized carbons (Fsp3) is 0.167. The molecule has 3 nitrogen and oxygen atoms in total. The van der Waals surface area contributed by atoms with Crippen molar-refractivity contribution in [1.29, 1.82) is 0 Å². The Morgan fingerprint density at radius 3 is 2.89 bits per heavy atom. The Hall–Kier alpha value is -0.980. The largest absolute Gasteiger partial charge is 0.389 e. The van der Waals surface area contributed by atoms with Gasteiger partial charge in [-0.25, -0.2) is 4.98 Å². The minimum atomic E-state index is 0.391. The van der Waals surface area contributed by atoms with Crippen molar-refractivity contribution in [3.63, 3.8) is 0 Å². The van der Waals surface area contributed by atoms with E-state index in [4.69, 9.17) is 18.0 Å². The van der Waals surface area contributed by atoms with Crippen molar-refractivity contribution < 1.29 is 0 Å². The van der Waals surface area contributed by atoms with Crippen LogP contribution < -0.4 is 11.1 Å². The highest BCUT2D eigenvalue weighted by molar-refractivity contribution is 9.10. The quantitative estimate of drug-likeness (QED) is 0.836. The lowest BCUT2D eigenvalue weighted by molar-refractivity contribution is 1.11. The summed E-state index contributed by atoms with van der Waals surface area (Å²) in [5, 5.41) is 5.33. The van der Waals surface area contributed by atoms with Gasteiger partial charge in [0.25, 0.3) is 0 Å². The lowest BCUT2D eigenvalue weighted by Crippen LogP contribution is -2.11. The first-order valence-corrected chi connectivity index (χ1v) is 7.38. The molecular formula is C12H12BrN3S2. The number of rotatable bonds is 4. The van der Waals surface area contributed by atoms with Crippen LogP contribution in [0.4, 0.5) is 5.82 Å². The van der Waals surface area contributed by atoms with Gasteiger partial charge in [-0.2, -0.15) is 0 Å². The monoisotopic (exact) mass is 341 g/mol. The number of thiocarbonyl (C=S) groups is 1. The summed E-state index contributed by atoms with van der Waals surface area (Å²) in [7, 11) is 0. The van der Waals surface area contributed by atoms with Crippen LogP contribution in [0.15, 0.2) is 28.1 Å². The highest BCUT2D eigenvalue weighted by Gasteiger charge is 2.03. The summed E-state index contributed by atoms with van der Waals surface area (Å²) in [5.41, 5.74) is 7.37. The predicted octanol–water partition coefficient (Wildman–Crippen LogP) is 3.46. The van der Waals surface area contributed by atoms with Gasteiger partial charge >= 0.3 is 0 Å². The summed E-state index contributed by atoms with van der Waals surface area (Å²) < 4.78 is 1.10. The molecule has 0 aliphatic carbocycles. The first kappa shape index (κ1) is 13.5. The third-order valence-electron chi connectivity index (χ3n) is 2.30. The van der Waals surface area contributed by atoms with E-state index in [1.807, 2.05) is 19.1 Å². The van der Waals surface area contributed by atoms with Crippen molar-refractivity contribution in [1.82, 2.24) is 4.98 Å². The molecule has 94 valence electrons. The molecule has 2 aromatic rings. The van der Waals surface area contributed by atoms with E-state index >= 15 is 0 Å². The van der Waals surface area contributed by atoms with E-state index in [-0.39, 0.29) is 0 Å². The molecule has 0 aliphatic rings. The number of halogens is 1. The SMILES string of the molecule is Cc1cc(C(N)=S)cc(NCc2cc(Br)cs2)n1. The van der Waals surface area contributed by atoms with Crippen LogP contribution >= 0.6 is 39.5 Å². The van der Waals surface area contributed by atoms with E-state index in [0.717, 1.165) is 28.1 Å². The molecule has 0 aliphatic heterocycles. The molecule has 0 radical (unpaired) electrons. The highest BCUT2D eigenvalue weighted by atomic mass is 79.9. The van der Waals surface area contributed by atoms with Gasteiger partial charge in [-0.05, 0) is 41.1 Å². The summed E-state index contributed by atoms with van der Waals surface area (Å²) in [6, 6.07) is 5.84. The second kappa shape index (κ2) is 5.77. The zero-order valence-corrected chi connectivity index (χ0v) is 13.0. The average molecular weight is 342 g/mol. The van der Waals surface area contributed by atoms with Gasteiger partial charge in [0.15, 0.2) is 0 Å². The van der Waals surface area contributed by atoms with Crippen LogP contribution in [0.1, 0.15) is 16.1 Å². The van der Waals surface area contributed by atoms with Gasteiger partial charge in [0.05, 0.1) is 6.54 Å². The van der Waals surface area contributed by atoms with Gasteiger partial charge in [-0.15, -0.1) is 11.3 Å². The van der Waals surface area contributed by atoms with Crippen LogP contribution in [0.5, 0.6) is 0 Å². The Bertz CT molecular complexity index is 580. The number of nitrogens with zero attached hydrogens (tertiary/aromatic N) is 1. The Labute approximate surface area is 124 Å². The van der Waals surface area contributed by atoms with E-state index in [2.05, 4.69) is 37.7 Å². The maximum Gasteiger partial charge on any atom is 0.127 e. The zero-order chi connectivity index (χ0) is 13.1. The molecule has 0 saturated heterocycles. The normalized spacial score (nSPS) is 10.3. The fourth-order valence-corrected chi connectivity index (χ4v) is 3.03. The van der Waals surface area contributed by atoms with E-state index in [9.17, 15) is 0 Å². The van der Waals surface area contributed by atoms with Crippen molar-refractivity contribution in [2.75, 3.05) is 5.32 Å². The number of hydrogen-bond donors (Lipinski definition) is 2. The van der Waals surface area contributed by atoms with Crippen LogP contribution in [-0.4, -0.2) is 9.97 Å². The third-order valence-corrected chi connectivity index (χ3v) is 4.24. The number of hydrogen-bond acceptors (Lipinski definition) is 4. The third kappa shape index (κ3) is 3.51. The number of thiophene rings is 1. The molecule has 18 heavy (non-hydrogen) atoms. The molecule has 2 aromatic heterocycles. The van der Waals surface area contributed by atoms with Crippen molar-refractivity contribution in [2.24, 2.45) is 5.73 Å². The van der Waals surface area contributed by atoms with E-state index in [1.54, 1.807) is 11.3 Å². The van der Waals surface area contributed by atoms with E-state index in [1.165, 1.54) is 4.88 Å². The summed E-state index contributed by atoms with van der Waals surface area (Å²) in [6.07, 6.45) is 0. The Kier molecular flexibility index (Phi) is 4.31. The molecule has 0 amide bonds. The van der Waals surface area contributed by atoms with E-state index < -0.39 is 0 Å². The average Bonchev–Trinajstić information content (AvgIpc) is 2.72. The standard InChI is InChI=1S/C12H12BrN3S2/c1-7-2-8(12(14)17)3-11(16-7)15-5-10-4-9(13)6-18-10/h2-4,6H,5H2,1H3,(H2,14,17)(H,15,16). The molecule has 6 heteroatoms. The summed E-state index contributed by atoms with van der Waals surface area (Å²) in [6.45, 7) is 2.66. The number of nitrogens with one attached hydrogen (secondary N) is 1. The molecule has 3 N–H and O–H groups in total. The molecule has 2 rings (SSSR count). The smallest absolute Gasteiger partial charge is 0.127 e. The first-order valence-electron chi connectivity index (χ1n) is 5.30. The Morgan fingerprint density at radius 2 is 2.28 bits per heavy atom. The number of aromatic nitrogens is 1. The molecule has 0 bridgehead atoms. The Balaban J connectivity index is 2.11. The molecule has 0 aromatic carbocycles. The molecule has 0 atom stereocenters. The van der Waals surface area contributed by atoms with Crippen LogP contribution in [0.3, 0.4) is 0 Å². The number of aryl methyl sites for hydroxylation is 1. The zero-order valence-electron chi connectivity index (χ0n) is 9.74. The van der Waals surface area contributed by atoms with Crippen LogP contribution in [0.2, 0.25) is 0 Å². The molecular weight excluding hydrogens is 330 g/mol. The molecule has 2 heterocycles. The van der Waals surface area contributed by atoms with Crippen molar-refractivity contribution in [2.45, 2.75) is 13.5 Å². The van der Waals surface area contributed by atoms with Crippen LogP contribution in [-0.2, 0) is 6.54 Å². The van der Waals surface area contributed by atoms with Gasteiger partial charge in [0.1, 0.15) is 10.8 Å². The molecule has 0 spiro atoms. The lowest BCUT2D eigenvalue weighted by Gasteiger charge is -2.07. The van der Waals surface area contributed by atoms with Gasteiger partial charge in [-0.3, -0.25) is 0 Å². The van der Waals surface area contributed by atoms with Crippen molar-refractivity contribution >= 4 is 50.3 Å². The predicted molar refractivity (Wildman–Crippen MR) is 84.2 cm³/mol.